The largest absolute Gasteiger partial charge is 0.311 e. The summed E-state index contributed by atoms with van der Waals surface area (Å²) in [5.41, 5.74) is 0. The van der Waals surface area contributed by atoms with Crippen LogP contribution in [0.4, 0.5) is 0 Å². The number of rotatable bonds is 4. The average Bonchev–Trinajstić information content (AvgIpc) is 2.41. The Hall–Kier alpha value is 0.0700. The van der Waals surface area contributed by atoms with E-state index in [2.05, 4.69) is 24.1 Å². The van der Waals surface area contributed by atoms with E-state index in [0.29, 0.717) is 12.1 Å². The Balaban J connectivity index is 1.76. The van der Waals surface area contributed by atoms with Crippen LogP contribution in [0.1, 0.15) is 39.5 Å². The van der Waals surface area contributed by atoms with Crippen molar-refractivity contribution in [1.29, 1.82) is 0 Å². The van der Waals surface area contributed by atoms with Gasteiger partial charge in [0.05, 0.1) is 0 Å². The summed E-state index contributed by atoms with van der Waals surface area (Å²) in [5.74, 6) is 2.60. The molecule has 3 nitrogen and oxygen atoms in total. The summed E-state index contributed by atoms with van der Waals surface area (Å²) in [6.45, 7) is 8.32. The van der Waals surface area contributed by atoms with Gasteiger partial charge in [-0.15, -0.1) is 0 Å². The summed E-state index contributed by atoms with van der Waals surface area (Å²) in [6, 6.07) is 1.21. The molecule has 2 aliphatic rings. The van der Waals surface area contributed by atoms with Crippen LogP contribution < -0.4 is 5.32 Å². The predicted molar refractivity (Wildman–Crippen MR) is 78.3 cm³/mol. The van der Waals surface area contributed by atoms with Crippen LogP contribution >= 0.6 is 0 Å². The van der Waals surface area contributed by atoms with Crippen LogP contribution in [0, 0.1) is 5.92 Å². The number of likely N-dealkylation sites (tertiary alicyclic amines) is 1. The van der Waals surface area contributed by atoms with E-state index in [1.165, 1.54) is 32.5 Å². The zero-order valence-corrected chi connectivity index (χ0v) is 12.7. The Morgan fingerprint density at radius 3 is 2.72 bits per heavy atom. The van der Waals surface area contributed by atoms with Crippen molar-refractivity contribution in [3.63, 3.8) is 0 Å². The van der Waals surface area contributed by atoms with Crippen molar-refractivity contribution in [2.75, 3.05) is 31.1 Å². The molecular weight excluding hydrogens is 244 g/mol. The molecule has 18 heavy (non-hydrogen) atoms. The molecule has 106 valence electrons. The molecule has 2 heterocycles. The van der Waals surface area contributed by atoms with Crippen LogP contribution in [-0.4, -0.2) is 52.3 Å². The average molecular weight is 272 g/mol. The molecule has 0 bridgehead atoms. The smallest absolute Gasteiger partial charge is 0.0249 e. The van der Waals surface area contributed by atoms with E-state index in [4.69, 9.17) is 0 Å². The van der Waals surface area contributed by atoms with Gasteiger partial charge in [0.1, 0.15) is 0 Å². The predicted octanol–water partition coefficient (Wildman–Crippen LogP) is 1.61. The minimum Gasteiger partial charge on any atom is -0.311 e. The van der Waals surface area contributed by atoms with Crippen LogP contribution in [0.3, 0.4) is 0 Å². The van der Waals surface area contributed by atoms with Gasteiger partial charge < -0.3 is 10.2 Å². The van der Waals surface area contributed by atoms with Crippen LogP contribution in [0.2, 0.25) is 0 Å². The minimum atomic E-state index is -0.536. The Labute approximate surface area is 114 Å². The quantitative estimate of drug-likeness (QED) is 0.844. The third-order valence-corrected chi connectivity index (χ3v) is 5.96. The second-order valence-electron chi connectivity index (χ2n) is 5.87. The molecule has 0 aromatic heterocycles. The molecule has 1 N–H and O–H groups in total. The normalized spacial score (nSPS) is 36.4. The Morgan fingerprint density at radius 2 is 2.06 bits per heavy atom. The maximum atomic E-state index is 11.4. The topological polar surface area (TPSA) is 32.3 Å². The molecule has 0 aromatic rings. The van der Waals surface area contributed by atoms with Gasteiger partial charge in [0.25, 0.3) is 0 Å². The van der Waals surface area contributed by atoms with Crippen molar-refractivity contribution in [3.8, 4) is 0 Å². The lowest BCUT2D eigenvalue weighted by Crippen LogP contribution is -2.48. The van der Waals surface area contributed by atoms with Gasteiger partial charge in [-0.1, -0.05) is 6.92 Å². The monoisotopic (exact) mass is 272 g/mol. The molecule has 0 aliphatic carbocycles. The van der Waals surface area contributed by atoms with Crippen LogP contribution in [0.25, 0.3) is 0 Å². The Kier molecular flexibility index (Phi) is 5.64. The molecule has 0 radical (unpaired) electrons. The third-order valence-electron chi connectivity index (χ3n) is 4.58. The molecule has 0 amide bonds. The standard InChI is InChI=1S/C14H28N2OS/c1-3-16-8-4-5-13(11-16)12(2)15-14-6-9-18(17)10-7-14/h12-15H,3-11H2,1-2H3. The van der Waals surface area contributed by atoms with Crippen molar-refractivity contribution in [1.82, 2.24) is 10.2 Å². The highest BCUT2D eigenvalue weighted by molar-refractivity contribution is 7.85. The summed E-state index contributed by atoms with van der Waals surface area (Å²) in [6.07, 6.45) is 4.91. The molecule has 2 rings (SSSR count). The molecule has 2 aliphatic heterocycles. The van der Waals surface area contributed by atoms with Gasteiger partial charge in [-0.3, -0.25) is 4.21 Å². The Morgan fingerprint density at radius 1 is 1.33 bits per heavy atom. The summed E-state index contributed by atoms with van der Waals surface area (Å²) in [4.78, 5) is 2.57. The summed E-state index contributed by atoms with van der Waals surface area (Å²) < 4.78 is 11.4. The van der Waals surface area contributed by atoms with Gasteiger partial charge in [-0.2, -0.15) is 0 Å². The van der Waals surface area contributed by atoms with Gasteiger partial charge in [-0.05, 0) is 51.6 Å². The highest BCUT2D eigenvalue weighted by Crippen LogP contribution is 2.21. The number of hydrogen-bond acceptors (Lipinski definition) is 3. The Bertz CT molecular complexity index is 275. The van der Waals surface area contributed by atoms with E-state index in [1.807, 2.05) is 0 Å². The summed E-state index contributed by atoms with van der Waals surface area (Å²) >= 11 is 0. The lowest BCUT2D eigenvalue weighted by atomic mass is 9.90. The highest BCUT2D eigenvalue weighted by Gasteiger charge is 2.26. The second-order valence-corrected chi connectivity index (χ2v) is 7.57. The van der Waals surface area contributed by atoms with Crippen molar-refractivity contribution in [2.45, 2.75) is 51.6 Å². The third kappa shape index (κ3) is 4.04. The molecule has 2 fully saturated rings. The molecule has 0 saturated carbocycles. The van der Waals surface area contributed by atoms with E-state index in [0.717, 1.165) is 30.3 Å². The number of nitrogens with zero attached hydrogens (tertiary/aromatic N) is 1. The van der Waals surface area contributed by atoms with Gasteiger partial charge in [0, 0.05) is 40.9 Å². The first-order valence-electron chi connectivity index (χ1n) is 7.52. The van der Waals surface area contributed by atoms with E-state index in [-0.39, 0.29) is 0 Å². The fraction of sp³-hybridized carbons (Fsp3) is 1.00. The lowest BCUT2D eigenvalue weighted by Gasteiger charge is -2.37. The van der Waals surface area contributed by atoms with E-state index < -0.39 is 10.8 Å². The van der Waals surface area contributed by atoms with Crippen LogP contribution in [-0.2, 0) is 10.8 Å². The minimum absolute atomic E-state index is 0.536. The molecule has 4 heteroatoms. The van der Waals surface area contributed by atoms with Crippen LogP contribution in [0.15, 0.2) is 0 Å². The molecule has 2 saturated heterocycles. The van der Waals surface area contributed by atoms with Gasteiger partial charge in [0.15, 0.2) is 0 Å². The second kappa shape index (κ2) is 7.01. The fourth-order valence-corrected chi connectivity index (χ4v) is 4.55. The number of nitrogens with one attached hydrogen (secondary N) is 1. The molecule has 2 unspecified atom stereocenters. The van der Waals surface area contributed by atoms with E-state index >= 15 is 0 Å². The molecular formula is C14H28N2OS. The zero-order chi connectivity index (χ0) is 13.0. The van der Waals surface area contributed by atoms with Crippen molar-refractivity contribution in [3.05, 3.63) is 0 Å². The highest BCUT2D eigenvalue weighted by atomic mass is 32.2. The van der Waals surface area contributed by atoms with E-state index in [9.17, 15) is 4.21 Å². The van der Waals surface area contributed by atoms with Crippen LogP contribution in [0.5, 0.6) is 0 Å². The molecule has 2 atom stereocenters. The van der Waals surface area contributed by atoms with Gasteiger partial charge in [0.2, 0.25) is 0 Å². The maximum Gasteiger partial charge on any atom is 0.0249 e. The maximum absolute atomic E-state index is 11.4. The zero-order valence-electron chi connectivity index (χ0n) is 11.9. The van der Waals surface area contributed by atoms with Crippen molar-refractivity contribution < 1.29 is 4.21 Å². The number of piperidine rings is 1. The first kappa shape index (κ1) is 14.5. The van der Waals surface area contributed by atoms with E-state index in [1.54, 1.807) is 0 Å². The molecule has 0 aromatic carbocycles. The van der Waals surface area contributed by atoms with Gasteiger partial charge >= 0.3 is 0 Å². The fourth-order valence-electron chi connectivity index (χ4n) is 3.25. The first-order chi connectivity index (χ1) is 8.69. The summed E-state index contributed by atoms with van der Waals surface area (Å²) in [5, 5.41) is 3.79. The van der Waals surface area contributed by atoms with Gasteiger partial charge in [-0.25, -0.2) is 0 Å². The van der Waals surface area contributed by atoms with Crippen molar-refractivity contribution >= 4 is 10.8 Å². The SMILES string of the molecule is CCN1CCCC(C(C)NC2CCS(=O)CC2)C1. The van der Waals surface area contributed by atoms with Crippen molar-refractivity contribution in [2.24, 2.45) is 5.92 Å². The number of hydrogen-bond donors (Lipinski definition) is 1. The summed E-state index contributed by atoms with van der Waals surface area (Å²) in [7, 11) is -0.536. The molecule has 0 spiro atoms. The lowest BCUT2D eigenvalue weighted by molar-refractivity contribution is 0.151. The first-order valence-corrected chi connectivity index (χ1v) is 9.01.